The fraction of sp³-hybridized carbons (Fsp3) is 0.800. The lowest BCUT2D eigenvalue weighted by Gasteiger charge is -2.37. The first kappa shape index (κ1) is 23.0. The molecule has 9 heteroatoms. The minimum absolute atomic E-state index is 0.383. The number of nitrogens with zero attached hydrogens (tertiary/aromatic N) is 4. The van der Waals surface area contributed by atoms with E-state index in [9.17, 15) is 4.79 Å². The van der Waals surface area contributed by atoms with Gasteiger partial charge in [0.2, 0.25) is 0 Å². The number of hydrogen-bond donors (Lipinski definition) is 3. The molecular weight excluding hydrogens is 370 g/mol. The van der Waals surface area contributed by atoms with E-state index in [0.29, 0.717) is 12.5 Å². The van der Waals surface area contributed by atoms with E-state index in [-0.39, 0.29) is 6.09 Å². The minimum Gasteiger partial charge on any atom is -0.444 e. The van der Waals surface area contributed by atoms with Crippen LogP contribution in [0, 0.1) is 0 Å². The first-order valence-electron chi connectivity index (χ1n) is 10.5. The zero-order chi connectivity index (χ0) is 21.5. The van der Waals surface area contributed by atoms with Crippen LogP contribution < -0.4 is 10.6 Å². The number of nitrogens with one attached hydrogen (secondary N) is 3. The van der Waals surface area contributed by atoms with Gasteiger partial charge in [-0.05, 0) is 46.5 Å². The van der Waals surface area contributed by atoms with Crippen molar-refractivity contribution in [3.8, 4) is 0 Å². The smallest absolute Gasteiger partial charge is 0.408 e. The molecule has 0 unspecified atom stereocenters. The Morgan fingerprint density at radius 3 is 2.45 bits per heavy atom. The van der Waals surface area contributed by atoms with Gasteiger partial charge in [-0.1, -0.05) is 13.8 Å². The van der Waals surface area contributed by atoms with E-state index in [1.165, 1.54) is 0 Å². The van der Waals surface area contributed by atoms with Gasteiger partial charge in [-0.15, -0.1) is 0 Å². The summed E-state index contributed by atoms with van der Waals surface area (Å²) in [5.41, 5.74) is -0.912. The highest BCUT2D eigenvalue weighted by Crippen LogP contribution is 2.25. The Morgan fingerprint density at radius 2 is 1.97 bits per heavy atom. The summed E-state index contributed by atoms with van der Waals surface area (Å²) in [5, 5.41) is 13.5. The van der Waals surface area contributed by atoms with Gasteiger partial charge in [-0.2, -0.15) is 5.10 Å². The molecule has 1 aliphatic heterocycles. The monoisotopic (exact) mass is 407 g/mol. The Bertz CT molecular complexity index is 655. The molecule has 0 aliphatic carbocycles. The molecule has 0 spiro atoms. The Morgan fingerprint density at radius 1 is 1.31 bits per heavy atom. The average molecular weight is 408 g/mol. The molecule has 0 radical (unpaired) electrons. The van der Waals surface area contributed by atoms with Gasteiger partial charge in [0, 0.05) is 32.6 Å². The molecule has 0 saturated carbocycles. The van der Waals surface area contributed by atoms with Crippen LogP contribution in [0.5, 0.6) is 0 Å². The van der Waals surface area contributed by atoms with Gasteiger partial charge in [0.05, 0.1) is 5.54 Å². The molecule has 1 amide bonds. The second kappa shape index (κ2) is 9.93. The highest BCUT2D eigenvalue weighted by atomic mass is 16.6. The molecule has 1 aromatic heterocycles. The number of aliphatic imine (C=N–C) groups is 1. The van der Waals surface area contributed by atoms with E-state index in [1.54, 1.807) is 13.4 Å². The molecular formula is C20H37N7O2. The van der Waals surface area contributed by atoms with Crippen molar-refractivity contribution in [2.24, 2.45) is 4.99 Å². The van der Waals surface area contributed by atoms with E-state index in [0.717, 1.165) is 50.6 Å². The highest BCUT2D eigenvalue weighted by molar-refractivity contribution is 5.80. The summed E-state index contributed by atoms with van der Waals surface area (Å²) >= 11 is 0. The lowest BCUT2D eigenvalue weighted by Crippen LogP contribution is -2.58. The highest BCUT2D eigenvalue weighted by Gasteiger charge is 2.32. The molecule has 29 heavy (non-hydrogen) atoms. The number of hydrogen-bond acceptors (Lipinski definition) is 5. The maximum atomic E-state index is 12.3. The SMILES string of the molecule is CCC(CC)(CNC(=NC)N1CCC(c2ncn[nH]2)CC1)NC(=O)OC(C)(C)C. The number of likely N-dealkylation sites (tertiary alicyclic amines) is 1. The average Bonchev–Trinajstić information content (AvgIpc) is 3.21. The summed E-state index contributed by atoms with van der Waals surface area (Å²) in [5.74, 6) is 2.23. The van der Waals surface area contributed by atoms with Crippen LogP contribution in [0.3, 0.4) is 0 Å². The van der Waals surface area contributed by atoms with E-state index in [1.807, 2.05) is 20.8 Å². The van der Waals surface area contributed by atoms with Gasteiger partial charge in [0.15, 0.2) is 5.96 Å². The Labute approximate surface area is 174 Å². The topological polar surface area (TPSA) is 108 Å². The van der Waals surface area contributed by atoms with Crippen molar-refractivity contribution in [2.75, 3.05) is 26.7 Å². The molecule has 164 valence electrons. The lowest BCUT2D eigenvalue weighted by atomic mass is 9.92. The standard InChI is InChI=1S/C20H37N7O2/c1-7-20(8-2,25-18(28)29-19(3,4)5)13-22-17(21-6)27-11-9-15(10-12-27)16-23-14-24-26-16/h14-15H,7-13H2,1-6H3,(H,21,22)(H,25,28)(H,23,24,26). The van der Waals surface area contributed by atoms with Crippen molar-refractivity contribution in [1.29, 1.82) is 0 Å². The molecule has 1 saturated heterocycles. The van der Waals surface area contributed by atoms with Crippen molar-refractivity contribution >= 4 is 12.1 Å². The Kier molecular flexibility index (Phi) is 7.87. The lowest BCUT2D eigenvalue weighted by molar-refractivity contribution is 0.0448. The maximum Gasteiger partial charge on any atom is 0.408 e. The van der Waals surface area contributed by atoms with Crippen LogP contribution in [-0.2, 0) is 4.74 Å². The first-order chi connectivity index (χ1) is 13.7. The third-order valence-corrected chi connectivity index (χ3v) is 5.53. The fourth-order valence-corrected chi connectivity index (χ4v) is 3.60. The summed E-state index contributed by atoms with van der Waals surface area (Å²) in [6.07, 6.45) is 4.76. The van der Waals surface area contributed by atoms with E-state index in [4.69, 9.17) is 4.74 Å². The number of aromatic amines is 1. The number of amides is 1. The number of carbonyl (C=O) groups is 1. The predicted molar refractivity (Wildman–Crippen MR) is 114 cm³/mol. The number of guanidine groups is 1. The van der Waals surface area contributed by atoms with Crippen molar-refractivity contribution < 1.29 is 9.53 Å². The summed E-state index contributed by atoms with van der Waals surface area (Å²) in [7, 11) is 1.80. The number of rotatable bonds is 6. The predicted octanol–water partition coefficient (Wildman–Crippen LogP) is 2.64. The van der Waals surface area contributed by atoms with Gasteiger partial charge in [0.25, 0.3) is 0 Å². The van der Waals surface area contributed by atoms with Crippen molar-refractivity contribution in [2.45, 2.75) is 77.4 Å². The molecule has 3 N–H and O–H groups in total. The maximum absolute atomic E-state index is 12.3. The fourth-order valence-electron chi connectivity index (χ4n) is 3.60. The van der Waals surface area contributed by atoms with Crippen LogP contribution in [0.1, 0.15) is 72.0 Å². The van der Waals surface area contributed by atoms with Gasteiger partial charge >= 0.3 is 6.09 Å². The van der Waals surface area contributed by atoms with Crippen LogP contribution in [0.2, 0.25) is 0 Å². The molecule has 1 fully saturated rings. The summed E-state index contributed by atoms with van der Waals surface area (Å²) < 4.78 is 5.46. The van der Waals surface area contributed by atoms with Gasteiger partial charge < -0.3 is 20.3 Å². The van der Waals surface area contributed by atoms with Crippen LogP contribution in [0.4, 0.5) is 4.79 Å². The molecule has 9 nitrogen and oxygen atoms in total. The number of carbonyl (C=O) groups excluding carboxylic acids is 1. The molecule has 0 bridgehead atoms. The normalized spacial score (nSPS) is 16.6. The molecule has 1 aromatic rings. The number of piperidine rings is 1. The van der Waals surface area contributed by atoms with Gasteiger partial charge in [-0.25, -0.2) is 9.78 Å². The molecule has 0 aromatic carbocycles. The van der Waals surface area contributed by atoms with E-state index >= 15 is 0 Å². The van der Waals surface area contributed by atoms with Gasteiger partial charge in [-0.3, -0.25) is 10.1 Å². The van der Waals surface area contributed by atoms with Crippen LogP contribution in [0.25, 0.3) is 0 Å². The number of aromatic nitrogens is 3. The minimum atomic E-state index is -0.519. The molecule has 2 heterocycles. The second-order valence-corrected chi connectivity index (χ2v) is 8.65. The zero-order valence-electron chi connectivity index (χ0n) is 18.7. The zero-order valence-corrected chi connectivity index (χ0v) is 18.7. The van der Waals surface area contributed by atoms with Crippen LogP contribution >= 0.6 is 0 Å². The van der Waals surface area contributed by atoms with Crippen molar-refractivity contribution in [3.63, 3.8) is 0 Å². The molecule has 1 aliphatic rings. The summed E-state index contributed by atoms with van der Waals surface area (Å²) in [6.45, 7) is 12.2. The van der Waals surface area contributed by atoms with Gasteiger partial charge in [0.1, 0.15) is 17.8 Å². The largest absolute Gasteiger partial charge is 0.444 e. The summed E-state index contributed by atoms with van der Waals surface area (Å²) in [6, 6.07) is 0. The second-order valence-electron chi connectivity index (χ2n) is 8.65. The van der Waals surface area contributed by atoms with Crippen molar-refractivity contribution in [3.05, 3.63) is 12.2 Å². The third-order valence-electron chi connectivity index (χ3n) is 5.53. The summed E-state index contributed by atoms with van der Waals surface area (Å²) in [4.78, 5) is 23.4. The van der Waals surface area contributed by atoms with E-state index in [2.05, 4.69) is 49.6 Å². The number of H-pyrrole nitrogens is 1. The third kappa shape index (κ3) is 6.61. The van der Waals surface area contributed by atoms with Crippen molar-refractivity contribution in [1.82, 2.24) is 30.7 Å². The first-order valence-corrected chi connectivity index (χ1v) is 10.5. The van der Waals surface area contributed by atoms with E-state index < -0.39 is 11.1 Å². The number of ether oxygens (including phenoxy) is 1. The molecule has 0 atom stereocenters. The van der Waals surface area contributed by atoms with Crippen LogP contribution in [0.15, 0.2) is 11.3 Å². The quantitative estimate of drug-likeness (QED) is 0.494. The van der Waals surface area contributed by atoms with Crippen LogP contribution in [-0.4, -0.2) is 70.0 Å². The Balaban J connectivity index is 1.92. The number of alkyl carbamates (subject to hydrolysis) is 1. The Hall–Kier alpha value is -2.32. The molecule has 2 rings (SSSR count).